The van der Waals surface area contributed by atoms with E-state index in [0.717, 1.165) is 19.3 Å². The molecule has 2 rings (SSSR count). The maximum atomic E-state index is 13.3. The zero-order valence-electron chi connectivity index (χ0n) is 9.79. The van der Waals surface area contributed by atoms with Crippen LogP contribution in [0.5, 0.6) is 5.75 Å². The van der Waals surface area contributed by atoms with Crippen molar-refractivity contribution in [2.45, 2.75) is 38.3 Å². The first-order valence-electron chi connectivity index (χ1n) is 5.79. The van der Waals surface area contributed by atoms with Crippen molar-refractivity contribution in [1.82, 2.24) is 5.32 Å². The highest BCUT2D eigenvalue weighted by Crippen LogP contribution is 2.25. The van der Waals surface area contributed by atoms with Crippen LogP contribution in [-0.4, -0.2) is 19.2 Å². The first kappa shape index (κ1) is 11.4. The van der Waals surface area contributed by atoms with Gasteiger partial charge in [0.1, 0.15) is 17.7 Å². The molecule has 16 heavy (non-hydrogen) atoms. The minimum Gasteiger partial charge on any atom is -0.490 e. The maximum absolute atomic E-state index is 13.3. The molecule has 1 fully saturated rings. The Kier molecular flexibility index (Phi) is 3.44. The molecular weight excluding hydrogens is 205 g/mol. The minimum absolute atomic E-state index is 0.194. The Bertz CT molecular complexity index is 367. The van der Waals surface area contributed by atoms with E-state index in [2.05, 4.69) is 5.32 Å². The third-order valence-electron chi connectivity index (χ3n) is 3.24. The lowest BCUT2D eigenvalue weighted by Crippen LogP contribution is -2.23. The van der Waals surface area contributed by atoms with Gasteiger partial charge in [0.25, 0.3) is 0 Å². The fourth-order valence-corrected chi connectivity index (χ4v) is 2.15. The van der Waals surface area contributed by atoms with Gasteiger partial charge in [-0.15, -0.1) is 0 Å². The van der Waals surface area contributed by atoms with Crippen molar-refractivity contribution in [3.8, 4) is 5.75 Å². The molecule has 0 amide bonds. The minimum atomic E-state index is -0.194. The molecule has 2 nitrogen and oxygen atoms in total. The summed E-state index contributed by atoms with van der Waals surface area (Å²) in [5.41, 5.74) is 0.659. The predicted octanol–water partition coefficient (Wildman–Crippen LogP) is 2.65. The van der Waals surface area contributed by atoms with Crippen molar-refractivity contribution in [1.29, 1.82) is 0 Å². The molecule has 0 spiro atoms. The molecule has 2 unspecified atom stereocenters. The van der Waals surface area contributed by atoms with Gasteiger partial charge in [0, 0.05) is 12.1 Å². The van der Waals surface area contributed by atoms with Gasteiger partial charge in [-0.1, -0.05) is 6.07 Å². The number of halogens is 1. The average Bonchev–Trinajstić information content (AvgIpc) is 2.71. The summed E-state index contributed by atoms with van der Waals surface area (Å²) in [7, 11) is 1.97. The Morgan fingerprint density at radius 1 is 1.38 bits per heavy atom. The molecule has 1 aliphatic rings. The summed E-state index contributed by atoms with van der Waals surface area (Å²) < 4.78 is 19.1. The van der Waals surface area contributed by atoms with Crippen molar-refractivity contribution in [3.63, 3.8) is 0 Å². The quantitative estimate of drug-likeness (QED) is 0.850. The van der Waals surface area contributed by atoms with Crippen LogP contribution in [0.15, 0.2) is 18.2 Å². The topological polar surface area (TPSA) is 21.3 Å². The van der Waals surface area contributed by atoms with Crippen LogP contribution in [0.3, 0.4) is 0 Å². The Balaban J connectivity index is 1.97. The highest BCUT2D eigenvalue weighted by atomic mass is 19.1. The van der Waals surface area contributed by atoms with E-state index < -0.39 is 0 Å². The summed E-state index contributed by atoms with van der Waals surface area (Å²) in [6.07, 6.45) is 3.40. The third kappa shape index (κ3) is 2.53. The van der Waals surface area contributed by atoms with E-state index in [4.69, 9.17) is 4.74 Å². The Morgan fingerprint density at radius 2 is 2.19 bits per heavy atom. The number of nitrogens with one attached hydrogen (secondary N) is 1. The first-order valence-corrected chi connectivity index (χ1v) is 5.79. The van der Waals surface area contributed by atoms with Crippen LogP contribution >= 0.6 is 0 Å². The van der Waals surface area contributed by atoms with Crippen LogP contribution in [0.2, 0.25) is 0 Å². The first-order chi connectivity index (χ1) is 7.69. The molecular formula is C13H18FNO. The van der Waals surface area contributed by atoms with Gasteiger partial charge in [0.15, 0.2) is 0 Å². The number of benzene rings is 1. The van der Waals surface area contributed by atoms with E-state index >= 15 is 0 Å². The van der Waals surface area contributed by atoms with Crippen molar-refractivity contribution in [2.24, 2.45) is 0 Å². The zero-order chi connectivity index (χ0) is 11.5. The summed E-state index contributed by atoms with van der Waals surface area (Å²) in [5.74, 6) is 0.450. The Hall–Kier alpha value is -1.09. The van der Waals surface area contributed by atoms with Crippen LogP contribution in [0.25, 0.3) is 0 Å². The van der Waals surface area contributed by atoms with E-state index in [1.54, 1.807) is 13.0 Å². The smallest absolute Gasteiger partial charge is 0.129 e. The van der Waals surface area contributed by atoms with Crippen molar-refractivity contribution in [2.75, 3.05) is 7.05 Å². The molecule has 88 valence electrons. The summed E-state index contributed by atoms with van der Waals surface area (Å²) in [5, 5.41) is 3.25. The number of hydrogen-bond donors (Lipinski definition) is 1. The molecule has 0 saturated heterocycles. The van der Waals surface area contributed by atoms with Crippen LogP contribution < -0.4 is 10.1 Å². The number of hydrogen-bond acceptors (Lipinski definition) is 2. The molecule has 1 aliphatic carbocycles. The van der Waals surface area contributed by atoms with Crippen LogP contribution in [0, 0.1) is 12.7 Å². The van der Waals surface area contributed by atoms with Crippen LogP contribution in [-0.2, 0) is 0 Å². The van der Waals surface area contributed by atoms with E-state index in [-0.39, 0.29) is 11.9 Å². The second-order valence-electron chi connectivity index (χ2n) is 4.45. The van der Waals surface area contributed by atoms with Gasteiger partial charge < -0.3 is 10.1 Å². The Morgan fingerprint density at radius 3 is 2.81 bits per heavy atom. The lowest BCUT2D eigenvalue weighted by atomic mass is 10.2. The molecule has 1 saturated carbocycles. The van der Waals surface area contributed by atoms with Crippen molar-refractivity contribution < 1.29 is 9.13 Å². The Labute approximate surface area is 95.8 Å². The fraction of sp³-hybridized carbons (Fsp3) is 0.538. The van der Waals surface area contributed by atoms with Gasteiger partial charge in [-0.3, -0.25) is 0 Å². The summed E-state index contributed by atoms with van der Waals surface area (Å²) in [6, 6.07) is 5.61. The molecule has 3 heteroatoms. The number of rotatable bonds is 3. The number of aryl methyl sites for hydroxylation is 1. The fourth-order valence-electron chi connectivity index (χ4n) is 2.15. The highest BCUT2D eigenvalue weighted by molar-refractivity contribution is 5.28. The monoisotopic (exact) mass is 223 g/mol. The van der Waals surface area contributed by atoms with Crippen LogP contribution in [0.4, 0.5) is 4.39 Å². The van der Waals surface area contributed by atoms with Crippen molar-refractivity contribution in [3.05, 3.63) is 29.6 Å². The molecule has 0 bridgehead atoms. The van der Waals surface area contributed by atoms with Crippen LogP contribution in [0.1, 0.15) is 24.8 Å². The maximum Gasteiger partial charge on any atom is 0.129 e. The van der Waals surface area contributed by atoms with Crippen molar-refractivity contribution >= 4 is 0 Å². The molecule has 0 aliphatic heterocycles. The molecule has 2 atom stereocenters. The van der Waals surface area contributed by atoms with Gasteiger partial charge >= 0.3 is 0 Å². The molecule has 1 aromatic rings. The van der Waals surface area contributed by atoms with Gasteiger partial charge in [0.2, 0.25) is 0 Å². The summed E-state index contributed by atoms with van der Waals surface area (Å²) in [6.45, 7) is 1.76. The normalized spacial score (nSPS) is 24.7. The summed E-state index contributed by atoms with van der Waals surface area (Å²) >= 11 is 0. The van der Waals surface area contributed by atoms with E-state index in [1.807, 2.05) is 13.1 Å². The van der Waals surface area contributed by atoms with Gasteiger partial charge in [0.05, 0.1) is 0 Å². The van der Waals surface area contributed by atoms with Gasteiger partial charge in [-0.25, -0.2) is 4.39 Å². The molecule has 1 N–H and O–H groups in total. The van der Waals surface area contributed by atoms with Gasteiger partial charge in [-0.05, 0) is 44.9 Å². The SMILES string of the molecule is CNC1CCC(Oc2ccc(C)c(F)c2)C1. The van der Waals surface area contributed by atoms with E-state index in [0.29, 0.717) is 17.4 Å². The van der Waals surface area contributed by atoms with E-state index in [1.165, 1.54) is 6.07 Å². The molecule has 0 radical (unpaired) electrons. The standard InChI is InChI=1S/C13H18FNO/c1-9-3-5-12(8-13(9)14)16-11-6-4-10(7-11)15-2/h3,5,8,10-11,15H,4,6-7H2,1-2H3. The molecule has 1 aromatic carbocycles. The molecule has 0 aromatic heterocycles. The largest absolute Gasteiger partial charge is 0.490 e. The second kappa shape index (κ2) is 4.83. The zero-order valence-corrected chi connectivity index (χ0v) is 9.79. The highest BCUT2D eigenvalue weighted by Gasteiger charge is 2.24. The summed E-state index contributed by atoms with van der Waals surface area (Å²) in [4.78, 5) is 0. The third-order valence-corrected chi connectivity index (χ3v) is 3.24. The molecule has 0 heterocycles. The van der Waals surface area contributed by atoms with E-state index in [9.17, 15) is 4.39 Å². The lowest BCUT2D eigenvalue weighted by Gasteiger charge is -2.14. The van der Waals surface area contributed by atoms with Gasteiger partial charge in [-0.2, -0.15) is 0 Å². The lowest BCUT2D eigenvalue weighted by molar-refractivity contribution is 0.206. The number of ether oxygens (including phenoxy) is 1. The predicted molar refractivity (Wildman–Crippen MR) is 62.3 cm³/mol. The average molecular weight is 223 g/mol. The second-order valence-corrected chi connectivity index (χ2v) is 4.45.